The summed E-state index contributed by atoms with van der Waals surface area (Å²) in [7, 11) is 5.79. The lowest BCUT2D eigenvalue weighted by Gasteiger charge is -2.27. The van der Waals surface area contributed by atoms with Gasteiger partial charge in [-0.15, -0.1) is 0 Å². The van der Waals surface area contributed by atoms with Gasteiger partial charge < -0.3 is 10.5 Å². The molecule has 0 saturated heterocycles. The third-order valence-corrected chi connectivity index (χ3v) is 3.05. The molecular weight excluding hydrogens is 197 g/mol. The molecule has 1 atom stereocenters. The minimum Gasteiger partial charge on any atom is -0.401 e. The highest BCUT2D eigenvalue weighted by Gasteiger charge is 2.20. The molecule has 0 spiro atoms. The van der Waals surface area contributed by atoms with Gasteiger partial charge >= 0.3 is 0 Å². The second-order valence-corrected chi connectivity index (χ2v) is 4.23. The summed E-state index contributed by atoms with van der Waals surface area (Å²) in [5.41, 5.74) is 8.83. The van der Waals surface area contributed by atoms with Gasteiger partial charge in [-0.05, 0) is 36.6 Å². The molecular formula is C12H14BN3. The highest BCUT2D eigenvalue weighted by atomic mass is 15.0. The molecule has 1 unspecified atom stereocenters. The number of hydrogen-bond donors (Lipinski definition) is 1. The Kier molecular flexibility index (Phi) is 3.16. The van der Waals surface area contributed by atoms with E-state index in [2.05, 4.69) is 12.1 Å². The van der Waals surface area contributed by atoms with Crippen molar-refractivity contribution >= 4 is 7.98 Å². The van der Waals surface area contributed by atoms with Crippen molar-refractivity contribution in [3.05, 3.63) is 35.1 Å². The minimum atomic E-state index is -0.186. The van der Waals surface area contributed by atoms with E-state index in [1.54, 1.807) is 4.81 Å². The zero-order chi connectivity index (χ0) is 11.5. The molecule has 0 aromatic heterocycles. The fraction of sp³-hybridized carbons (Fsp3) is 0.417. The minimum absolute atomic E-state index is 0.186. The molecule has 0 bridgehead atoms. The van der Waals surface area contributed by atoms with E-state index in [4.69, 9.17) is 19.0 Å². The van der Waals surface area contributed by atoms with Crippen LogP contribution in [0.3, 0.4) is 0 Å². The van der Waals surface area contributed by atoms with Crippen LogP contribution in [0.1, 0.15) is 12.8 Å². The average molecular weight is 211 g/mol. The summed E-state index contributed by atoms with van der Waals surface area (Å²) in [4.78, 5) is 1.80. The molecule has 0 fully saturated rings. The molecule has 0 amide bonds. The van der Waals surface area contributed by atoms with E-state index in [9.17, 15) is 0 Å². The lowest BCUT2D eigenvalue weighted by molar-refractivity contribution is 0.476. The van der Waals surface area contributed by atoms with Crippen LogP contribution in [0.2, 0.25) is 0 Å². The molecule has 3 nitrogen and oxygen atoms in total. The summed E-state index contributed by atoms with van der Waals surface area (Å²) < 4.78 is 0. The predicted molar refractivity (Wildman–Crippen MR) is 64.1 cm³/mol. The molecule has 0 saturated carbocycles. The number of nitrogens with zero attached hydrogens (tertiary/aromatic N) is 2. The topological polar surface area (TPSA) is 53.0 Å². The summed E-state index contributed by atoms with van der Waals surface area (Å²) in [6.07, 6.45) is 7.73. The zero-order valence-corrected chi connectivity index (χ0v) is 9.19. The van der Waals surface area contributed by atoms with Gasteiger partial charge in [0.15, 0.2) is 7.98 Å². The molecule has 4 heteroatoms. The van der Waals surface area contributed by atoms with Crippen LogP contribution in [0.15, 0.2) is 35.1 Å². The molecule has 1 aliphatic carbocycles. The van der Waals surface area contributed by atoms with Crippen LogP contribution in [0, 0.1) is 17.2 Å². The number of hydrogen-bond acceptors (Lipinski definition) is 3. The quantitative estimate of drug-likeness (QED) is 0.658. The van der Waals surface area contributed by atoms with E-state index in [1.165, 1.54) is 11.1 Å². The van der Waals surface area contributed by atoms with Crippen LogP contribution in [0.25, 0.3) is 0 Å². The van der Waals surface area contributed by atoms with E-state index in [0.29, 0.717) is 12.1 Å². The van der Waals surface area contributed by atoms with Gasteiger partial charge in [0.05, 0.1) is 12.0 Å². The van der Waals surface area contributed by atoms with Crippen molar-refractivity contribution < 1.29 is 0 Å². The van der Waals surface area contributed by atoms with Crippen molar-refractivity contribution in [3.63, 3.8) is 0 Å². The van der Waals surface area contributed by atoms with Gasteiger partial charge in [0, 0.05) is 12.2 Å². The largest absolute Gasteiger partial charge is 0.401 e. The van der Waals surface area contributed by atoms with Gasteiger partial charge in [0.25, 0.3) is 0 Å². The Morgan fingerprint density at radius 2 is 2.25 bits per heavy atom. The van der Waals surface area contributed by atoms with Crippen LogP contribution in [0.5, 0.6) is 0 Å². The Labute approximate surface area is 97.3 Å². The Morgan fingerprint density at radius 3 is 2.94 bits per heavy atom. The first kappa shape index (κ1) is 11.0. The second kappa shape index (κ2) is 4.59. The van der Waals surface area contributed by atoms with Crippen molar-refractivity contribution in [3.8, 4) is 6.07 Å². The first-order chi connectivity index (χ1) is 7.70. The molecule has 1 aliphatic heterocycles. The van der Waals surface area contributed by atoms with Crippen LogP contribution in [-0.2, 0) is 0 Å². The Bertz CT molecular complexity index is 414. The van der Waals surface area contributed by atoms with Crippen LogP contribution in [0.4, 0.5) is 0 Å². The van der Waals surface area contributed by atoms with Gasteiger partial charge in [0.1, 0.15) is 0 Å². The van der Waals surface area contributed by atoms with Crippen molar-refractivity contribution in [1.82, 2.24) is 4.81 Å². The fourth-order valence-electron chi connectivity index (χ4n) is 2.08. The number of rotatable bonds is 1. The highest BCUT2D eigenvalue weighted by molar-refractivity contribution is 6.04. The molecule has 0 aromatic carbocycles. The summed E-state index contributed by atoms with van der Waals surface area (Å²) in [6, 6.07) is 2.23. The van der Waals surface area contributed by atoms with E-state index in [0.717, 1.165) is 19.5 Å². The van der Waals surface area contributed by atoms with Crippen molar-refractivity contribution in [2.45, 2.75) is 12.8 Å². The average Bonchev–Trinajstić information content (AvgIpc) is 2.29. The Balaban J connectivity index is 2.18. The summed E-state index contributed by atoms with van der Waals surface area (Å²) >= 11 is 0. The molecule has 2 aliphatic rings. The molecule has 16 heavy (non-hydrogen) atoms. The van der Waals surface area contributed by atoms with E-state index in [-0.39, 0.29) is 5.92 Å². The standard InChI is InChI=1S/C12H14BN3/c13-16-5-1-2-10(8-16)9-3-4-12(15)11(6-9)7-14/h2-4,11H,1,5-6,8,15H2. The van der Waals surface area contributed by atoms with Crippen LogP contribution < -0.4 is 5.73 Å². The van der Waals surface area contributed by atoms with Crippen molar-refractivity contribution in [1.29, 1.82) is 5.26 Å². The zero-order valence-electron chi connectivity index (χ0n) is 9.19. The second-order valence-electron chi connectivity index (χ2n) is 4.23. The number of nitriles is 1. The normalized spacial score (nSPS) is 26.4. The van der Waals surface area contributed by atoms with Gasteiger partial charge in [-0.2, -0.15) is 5.26 Å². The third-order valence-electron chi connectivity index (χ3n) is 3.05. The third kappa shape index (κ3) is 2.20. The van der Waals surface area contributed by atoms with Gasteiger partial charge in [-0.25, -0.2) is 0 Å². The maximum absolute atomic E-state index is 8.98. The smallest absolute Gasteiger partial charge is 0.182 e. The van der Waals surface area contributed by atoms with Gasteiger partial charge in [0.2, 0.25) is 0 Å². The fourth-order valence-corrected chi connectivity index (χ4v) is 2.08. The first-order valence-corrected chi connectivity index (χ1v) is 5.45. The maximum Gasteiger partial charge on any atom is 0.182 e. The predicted octanol–water partition coefficient (Wildman–Crippen LogP) is 1.01. The number of allylic oxidation sites excluding steroid dienone is 3. The highest BCUT2D eigenvalue weighted by Crippen LogP contribution is 2.28. The Morgan fingerprint density at radius 1 is 1.44 bits per heavy atom. The molecule has 1 heterocycles. The lowest BCUT2D eigenvalue weighted by Crippen LogP contribution is -2.28. The SMILES string of the molecule is [B]N1CCC=C(C2=CC=C(N)C(C#N)C2)C1. The lowest BCUT2D eigenvalue weighted by atomic mass is 9.86. The maximum atomic E-state index is 8.98. The summed E-state index contributed by atoms with van der Waals surface area (Å²) in [5, 5.41) is 8.98. The number of nitrogens with two attached hydrogens (primary N) is 1. The molecule has 2 rings (SSSR count). The van der Waals surface area contributed by atoms with E-state index < -0.39 is 0 Å². The van der Waals surface area contributed by atoms with Gasteiger partial charge in [-0.1, -0.05) is 12.2 Å². The van der Waals surface area contributed by atoms with Crippen molar-refractivity contribution in [2.24, 2.45) is 11.7 Å². The van der Waals surface area contributed by atoms with Gasteiger partial charge in [-0.3, -0.25) is 0 Å². The summed E-state index contributed by atoms with van der Waals surface area (Å²) in [5.74, 6) is -0.186. The molecule has 2 radical (unpaired) electrons. The molecule has 80 valence electrons. The summed E-state index contributed by atoms with van der Waals surface area (Å²) in [6.45, 7) is 1.66. The van der Waals surface area contributed by atoms with Crippen LogP contribution in [-0.4, -0.2) is 25.9 Å². The molecule has 2 N–H and O–H groups in total. The van der Waals surface area contributed by atoms with Crippen LogP contribution >= 0.6 is 0 Å². The monoisotopic (exact) mass is 211 g/mol. The van der Waals surface area contributed by atoms with E-state index in [1.807, 2.05) is 12.2 Å². The first-order valence-electron chi connectivity index (χ1n) is 5.45. The Hall–Kier alpha value is -1.47. The van der Waals surface area contributed by atoms with E-state index >= 15 is 0 Å². The molecule has 0 aromatic rings. The van der Waals surface area contributed by atoms with Crippen molar-refractivity contribution in [2.75, 3.05) is 13.1 Å².